The van der Waals surface area contributed by atoms with Gasteiger partial charge in [0, 0.05) is 0 Å². The average Bonchev–Trinajstić information content (AvgIpc) is 2.32. The zero-order chi connectivity index (χ0) is 13.2. The zero-order valence-electron chi connectivity index (χ0n) is 9.96. The van der Waals surface area contributed by atoms with Crippen LogP contribution in [0, 0.1) is 13.8 Å². The molecule has 2 aromatic carbocycles. The van der Waals surface area contributed by atoms with Crippen LogP contribution in [0.1, 0.15) is 11.1 Å². The molecule has 0 unspecified atom stereocenters. The molecule has 0 amide bonds. The topological polar surface area (TPSA) is 43.4 Å². The van der Waals surface area contributed by atoms with Crippen LogP contribution < -0.4 is 4.18 Å². The lowest BCUT2D eigenvalue weighted by Crippen LogP contribution is -2.09. The summed E-state index contributed by atoms with van der Waals surface area (Å²) in [6.07, 6.45) is 0. The van der Waals surface area contributed by atoms with Gasteiger partial charge in [0.15, 0.2) is 0 Å². The van der Waals surface area contributed by atoms with Crippen LogP contribution in [0.15, 0.2) is 53.4 Å². The molecule has 0 aromatic heterocycles. The molecule has 0 aliphatic carbocycles. The molecule has 3 nitrogen and oxygen atoms in total. The number of benzene rings is 2. The van der Waals surface area contributed by atoms with Crippen molar-refractivity contribution in [3.05, 3.63) is 66.6 Å². The van der Waals surface area contributed by atoms with Crippen LogP contribution in [0.25, 0.3) is 0 Å². The van der Waals surface area contributed by atoms with Gasteiger partial charge in [-0.25, -0.2) is 0 Å². The highest BCUT2D eigenvalue weighted by atomic mass is 32.2. The largest absolute Gasteiger partial charge is 0.379 e. The summed E-state index contributed by atoms with van der Waals surface area (Å²) >= 11 is 0. The number of hydrogen-bond acceptors (Lipinski definition) is 3. The van der Waals surface area contributed by atoms with Gasteiger partial charge in [0.05, 0.1) is 0 Å². The van der Waals surface area contributed by atoms with Crippen LogP contribution in [-0.2, 0) is 10.1 Å². The number of aryl methyl sites for hydroxylation is 1. The minimum absolute atomic E-state index is 0.145. The van der Waals surface area contributed by atoms with E-state index in [1.54, 1.807) is 36.4 Å². The van der Waals surface area contributed by atoms with Crippen molar-refractivity contribution in [1.29, 1.82) is 0 Å². The van der Waals surface area contributed by atoms with Gasteiger partial charge in [-0.1, -0.05) is 29.8 Å². The van der Waals surface area contributed by atoms with Crippen molar-refractivity contribution >= 4 is 10.1 Å². The second-order valence-electron chi connectivity index (χ2n) is 3.99. The molecule has 0 aliphatic rings. The maximum absolute atomic E-state index is 12.0. The summed E-state index contributed by atoms with van der Waals surface area (Å²) in [4.78, 5) is 0.145. The summed E-state index contributed by atoms with van der Waals surface area (Å²) in [6, 6.07) is 13.1. The first-order valence-electron chi connectivity index (χ1n) is 5.40. The molecule has 93 valence electrons. The SMILES string of the molecule is [CH2]c1ccc(OS(=O)(=O)c2ccc(C)cc2)cc1. The van der Waals surface area contributed by atoms with Gasteiger partial charge in [-0.15, -0.1) is 0 Å². The van der Waals surface area contributed by atoms with E-state index in [4.69, 9.17) is 4.18 Å². The Bertz CT molecular complexity index is 626. The monoisotopic (exact) mass is 261 g/mol. The molecule has 4 heteroatoms. The molecule has 0 atom stereocenters. The lowest BCUT2D eigenvalue weighted by molar-refractivity contribution is 0.486. The summed E-state index contributed by atoms with van der Waals surface area (Å²) in [5.41, 5.74) is 1.80. The third kappa shape index (κ3) is 2.90. The third-order valence-corrected chi connectivity index (χ3v) is 3.70. The van der Waals surface area contributed by atoms with E-state index in [-0.39, 0.29) is 10.6 Å². The minimum atomic E-state index is -3.76. The highest BCUT2D eigenvalue weighted by Crippen LogP contribution is 2.19. The third-order valence-electron chi connectivity index (χ3n) is 2.44. The number of hydrogen-bond donors (Lipinski definition) is 0. The fraction of sp³-hybridized carbons (Fsp3) is 0.0714. The second-order valence-corrected chi connectivity index (χ2v) is 5.54. The number of rotatable bonds is 3. The lowest BCUT2D eigenvalue weighted by Gasteiger charge is -2.07. The minimum Gasteiger partial charge on any atom is -0.379 e. The Labute approximate surface area is 107 Å². The predicted octanol–water partition coefficient (Wildman–Crippen LogP) is 2.94. The quantitative estimate of drug-likeness (QED) is 0.798. The molecule has 18 heavy (non-hydrogen) atoms. The van der Waals surface area contributed by atoms with Crippen molar-refractivity contribution in [1.82, 2.24) is 0 Å². The van der Waals surface area contributed by atoms with Crippen molar-refractivity contribution < 1.29 is 12.6 Å². The molecule has 0 aliphatic heterocycles. The normalized spacial score (nSPS) is 11.2. The van der Waals surface area contributed by atoms with Gasteiger partial charge < -0.3 is 4.18 Å². The van der Waals surface area contributed by atoms with Gasteiger partial charge in [0.2, 0.25) is 0 Å². The van der Waals surface area contributed by atoms with Gasteiger partial charge in [-0.3, -0.25) is 0 Å². The molecule has 0 heterocycles. The van der Waals surface area contributed by atoms with Crippen molar-refractivity contribution in [3.63, 3.8) is 0 Å². The Kier molecular flexibility index (Phi) is 3.39. The Morgan fingerprint density at radius 3 is 2.06 bits per heavy atom. The maximum atomic E-state index is 12.0. The van der Waals surface area contributed by atoms with Crippen LogP contribution in [0.2, 0.25) is 0 Å². The fourth-order valence-electron chi connectivity index (χ4n) is 1.42. The van der Waals surface area contributed by atoms with Gasteiger partial charge in [-0.2, -0.15) is 8.42 Å². The molecular formula is C14H13O3S. The molecule has 1 radical (unpaired) electrons. The lowest BCUT2D eigenvalue weighted by atomic mass is 10.2. The maximum Gasteiger partial charge on any atom is 0.339 e. The molecule has 0 fully saturated rings. The average molecular weight is 261 g/mol. The van der Waals surface area contributed by atoms with Gasteiger partial charge in [0.1, 0.15) is 10.6 Å². The molecular weight excluding hydrogens is 248 g/mol. The van der Waals surface area contributed by atoms with Crippen LogP contribution in [-0.4, -0.2) is 8.42 Å². The van der Waals surface area contributed by atoms with E-state index < -0.39 is 10.1 Å². The van der Waals surface area contributed by atoms with E-state index in [1.807, 2.05) is 6.92 Å². The van der Waals surface area contributed by atoms with Crippen molar-refractivity contribution in [3.8, 4) is 5.75 Å². The van der Waals surface area contributed by atoms with Crippen molar-refractivity contribution in [2.45, 2.75) is 11.8 Å². The molecule has 0 N–H and O–H groups in total. The summed E-state index contributed by atoms with van der Waals surface area (Å²) in [5, 5.41) is 0. The molecule has 0 bridgehead atoms. The van der Waals surface area contributed by atoms with Crippen LogP contribution in [0.4, 0.5) is 0 Å². The van der Waals surface area contributed by atoms with Crippen LogP contribution in [0.3, 0.4) is 0 Å². The summed E-state index contributed by atoms with van der Waals surface area (Å²) < 4.78 is 28.9. The van der Waals surface area contributed by atoms with Gasteiger partial charge in [-0.05, 0) is 43.7 Å². The van der Waals surface area contributed by atoms with E-state index in [0.717, 1.165) is 11.1 Å². The van der Waals surface area contributed by atoms with E-state index in [0.29, 0.717) is 0 Å². The Hall–Kier alpha value is -1.81. The molecule has 2 rings (SSSR count). The first kappa shape index (κ1) is 12.6. The summed E-state index contributed by atoms with van der Waals surface area (Å²) in [5.74, 6) is 0.281. The van der Waals surface area contributed by atoms with E-state index >= 15 is 0 Å². The highest BCUT2D eigenvalue weighted by molar-refractivity contribution is 7.87. The second kappa shape index (κ2) is 4.82. The van der Waals surface area contributed by atoms with Gasteiger partial charge >= 0.3 is 10.1 Å². The first-order chi connectivity index (χ1) is 8.47. The van der Waals surface area contributed by atoms with Crippen LogP contribution >= 0.6 is 0 Å². The fourth-order valence-corrected chi connectivity index (χ4v) is 2.35. The van der Waals surface area contributed by atoms with Crippen molar-refractivity contribution in [2.24, 2.45) is 0 Å². The molecule has 2 aromatic rings. The van der Waals surface area contributed by atoms with E-state index in [1.165, 1.54) is 12.1 Å². The predicted molar refractivity (Wildman–Crippen MR) is 69.9 cm³/mol. The molecule has 0 saturated carbocycles. The Morgan fingerprint density at radius 1 is 0.944 bits per heavy atom. The Morgan fingerprint density at radius 2 is 1.50 bits per heavy atom. The summed E-state index contributed by atoms with van der Waals surface area (Å²) in [6.45, 7) is 5.61. The highest BCUT2D eigenvalue weighted by Gasteiger charge is 2.15. The zero-order valence-corrected chi connectivity index (χ0v) is 10.8. The van der Waals surface area contributed by atoms with Gasteiger partial charge in [0.25, 0.3) is 0 Å². The van der Waals surface area contributed by atoms with Crippen LogP contribution in [0.5, 0.6) is 5.75 Å². The Balaban J connectivity index is 2.27. The summed E-state index contributed by atoms with van der Waals surface area (Å²) in [7, 11) is -3.76. The molecule has 0 spiro atoms. The van der Waals surface area contributed by atoms with E-state index in [9.17, 15) is 8.42 Å². The molecule has 0 saturated heterocycles. The van der Waals surface area contributed by atoms with E-state index in [2.05, 4.69) is 6.92 Å². The standard InChI is InChI=1S/C14H13O3S/c1-11-3-7-13(8-4-11)17-18(15,16)14-9-5-12(2)6-10-14/h3-10H,1H2,2H3. The van der Waals surface area contributed by atoms with Crippen molar-refractivity contribution in [2.75, 3.05) is 0 Å². The first-order valence-corrected chi connectivity index (χ1v) is 6.81. The smallest absolute Gasteiger partial charge is 0.339 e.